The van der Waals surface area contributed by atoms with Crippen LogP contribution in [-0.2, 0) is 16.4 Å². The third kappa shape index (κ3) is 4.67. The second-order valence-corrected chi connectivity index (χ2v) is 9.34. The maximum absolute atomic E-state index is 12.7. The predicted molar refractivity (Wildman–Crippen MR) is 120 cm³/mol. The first-order valence-corrected chi connectivity index (χ1v) is 11.9. The highest BCUT2D eigenvalue weighted by Crippen LogP contribution is 2.37. The van der Waals surface area contributed by atoms with E-state index in [0.29, 0.717) is 30.3 Å². The van der Waals surface area contributed by atoms with Crippen molar-refractivity contribution in [2.75, 3.05) is 31.4 Å². The molecule has 3 aromatic rings. The van der Waals surface area contributed by atoms with Gasteiger partial charge in [-0.05, 0) is 42.0 Å². The molecular formula is C23H23N3O5S. The van der Waals surface area contributed by atoms with Gasteiger partial charge in [-0.25, -0.2) is 8.42 Å². The summed E-state index contributed by atoms with van der Waals surface area (Å²) in [5.74, 6) is 1.62. The monoisotopic (exact) mass is 453 g/mol. The molecule has 0 spiro atoms. The highest BCUT2D eigenvalue weighted by molar-refractivity contribution is 7.90. The van der Waals surface area contributed by atoms with Gasteiger partial charge in [0.2, 0.25) is 5.88 Å². The lowest BCUT2D eigenvalue weighted by Gasteiger charge is -2.30. The molecule has 1 aliphatic rings. The molecule has 2 aromatic carbocycles. The highest BCUT2D eigenvalue weighted by atomic mass is 32.2. The summed E-state index contributed by atoms with van der Waals surface area (Å²) in [6, 6.07) is 17.3. The largest absolute Gasteiger partial charge is 0.490 e. The molecule has 1 amide bonds. The van der Waals surface area contributed by atoms with Gasteiger partial charge in [-0.15, -0.1) is 0 Å². The van der Waals surface area contributed by atoms with Crippen LogP contribution >= 0.6 is 0 Å². The van der Waals surface area contributed by atoms with Gasteiger partial charge >= 0.3 is 0 Å². The van der Waals surface area contributed by atoms with Gasteiger partial charge < -0.3 is 19.7 Å². The fraction of sp³-hybridized carbons (Fsp3) is 0.217. The SMILES string of the molecule is COc1cccc(N2CCOc3cc(C(=O)NCc4ccc(S(C)(=O)=O)cc4)ccc32)n1. The van der Waals surface area contributed by atoms with Gasteiger partial charge in [0.15, 0.2) is 9.84 Å². The van der Waals surface area contributed by atoms with Gasteiger partial charge in [0, 0.05) is 24.4 Å². The summed E-state index contributed by atoms with van der Waals surface area (Å²) in [6.45, 7) is 1.37. The van der Waals surface area contributed by atoms with E-state index in [0.717, 1.165) is 23.3 Å². The number of rotatable bonds is 6. The molecule has 1 N–H and O–H groups in total. The quantitative estimate of drug-likeness (QED) is 0.613. The molecule has 0 unspecified atom stereocenters. The van der Waals surface area contributed by atoms with Crippen LogP contribution in [0.4, 0.5) is 11.5 Å². The number of hydrogen-bond donors (Lipinski definition) is 1. The second kappa shape index (κ2) is 8.88. The minimum atomic E-state index is -3.25. The molecule has 4 rings (SSSR count). The van der Waals surface area contributed by atoms with Crippen LogP contribution in [0.2, 0.25) is 0 Å². The van der Waals surface area contributed by atoms with E-state index in [4.69, 9.17) is 9.47 Å². The van der Waals surface area contributed by atoms with Gasteiger partial charge in [0.25, 0.3) is 5.91 Å². The summed E-state index contributed by atoms with van der Waals surface area (Å²) < 4.78 is 34.1. The molecule has 0 aliphatic carbocycles. The van der Waals surface area contributed by atoms with Crippen molar-refractivity contribution < 1.29 is 22.7 Å². The predicted octanol–water partition coefficient (Wildman–Crippen LogP) is 2.95. The average Bonchev–Trinajstić information content (AvgIpc) is 2.81. The number of amides is 1. The first-order chi connectivity index (χ1) is 15.3. The molecule has 0 fully saturated rings. The minimum absolute atomic E-state index is 0.245. The van der Waals surface area contributed by atoms with Crippen molar-refractivity contribution in [1.82, 2.24) is 10.3 Å². The normalized spacial score (nSPS) is 13.1. The lowest BCUT2D eigenvalue weighted by molar-refractivity contribution is 0.0950. The summed E-state index contributed by atoms with van der Waals surface area (Å²) >= 11 is 0. The Balaban J connectivity index is 1.48. The van der Waals surface area contributed by atoms with E-state index < -0.39 is 9.84 Å². The van der Waals surface area contributed by atoms with E-state index in [2.05, 4.69) is 10.3 Å². The van der Waals surface area contributed by atoms with Crippen LogP contribution in [0.25, 0.3) is 0 Å². The van der Waals surface area contributed by atoms with Crippen molar-refractivity contribution in [2.45, 2.75) is 11.4 Å². The van der Waals surface area contributed by atoms with Crippen molar-refractivity contribution in [3.05, 3.63) is 71.8 Å². The molecule has 0 saturated carbocycles. The third-order valence-corrected chi connectivity index (χ3v) is 6.21. The molecule has 8 nitrogen and oxygen atoms in total. The number of nitrogens with one attached hydrogen (secondary N) is 1. The van der Waals surface area contributed by atoms with Gasteiger partial charge in [-0.2, -0.15) is 4.98 Å². The van der Waals surface area contributed by atoms with Crippen LogP contribution in [0.3, 0.4) is 0 Å². The number of anilines is 2. The summed E-state index contributed by atoms with van der Waals surface area (Å²) in [7, 11) is -1.67. The number of carbonyl (C=O) groups excluding carboxylic acids is 1. The Morgan fingerprint density at radius 1 is 1.16 bits per heavy atom. The minimum Gasteiger partial charge on any atom is -0.490 e. The van der Waals surface area contributed by atoms with E-state index in [9.17, 15) is 13.2 Å². The number of aromatic nitrogens is 1. The third-order valence-electron chi connectivity index (χ3n) is 5.08. The van der Waals surface area contributed by atoms with E-state index in [1.807, 2.05) is 23.1 Å². The molecule has 0 bridgehead atoms. The molecule has 0 atom stereocenters. The zero-order valence-corrected chi connectivity index (χ0v) is 18.6. The van der Waals surface area contributed by atoms with Crippen LogP contribution in [0.1, 0.15) is 15.9 Å². The molecule has 1 aliphatic heterocycles. The van der Waals surface area contributed by atoms with Crippen molar-refractivity contribution in [1.29, 1.82) is 0 Å². The van der Waals surface area contributed by atoms with Crippen LogP contribution in [0.15, 0.2) is 65.6 Å². The number of sulfone groups is 1. The Morgan fingerprint density at radius 2 is 1.94 bits per heavy atom. The number of methoxy groups -OCH3 is 1. The van der Waals surface area contributed by atoms with Crippen molar-refractivity contribution in [3.8, 4) is 11.6 Å². The Kier molecular flexibility index (Phi) is 6.00. The zero-order valence-electron chi connectivity index (χ0n) is 17.7. The van der Waals surface area contributed by atoms with E-state index in [1.165, 1.54) is 12.1 Å². The van der Waals surface area contributed by atoms with Crippen molar-refractivity contribution >= 4 is 27.2 Å². The lowest BCUT2D eigenvalue weighted by Crippen LogP contribution is -2.30. The number of fused-ring (bicyclic) bond motifs is 1. The fourth-order valence-corrected chi connectivity index (χ4v) is 4.04. The summed E-state index contributed by atoms with van der Waals surface area (Å²) in [6.07, 6.45) is 1.16. The molecule has 2 heterocycles. The van der Waals surface area contributed by atoms with Crippen LogP contribution in [0, 0.1) is 0 Å². The smallest absolute Gasteiger partial charge is 0.251 e. The van der Waals surface area contributed by atoms with Crippen LogP contribution in [-0.4, -0.2) is 45.8 Å². The average molecular weight is 454 g/mol. The summed E-state index contributed by atoms with van der Waals surface area (Å²) in [4.78, 5) is 19.4. The number of pyridine rings is 1. The van der Waals surface area contributed by atoms with Gasteiger partial charge in [-0.1, -0.05) is 18.2 Å². The van der Waals surface area contributed by atoms with Crippen LogP contribution in [0.5, 0.6) is 11.6 Å². The van der Waals surface area contributed by atoms with Gasteiger partial charge in [0.1, 0.15) is 18.2 Å². The molecular weight excluding hydrogens is 430 g/mol. The Hall–Kier alpha value is -3.59. The Bertz CT molecular complexity index is 1240. The first kappa shape index (κ1) is 21.6. The van der Waals surface area contributed by atoms with Crippen molar-refractivity contribution in [2.24, 2.45) is 0 Å². The maximum atomic E-state index is 12.7. The number of hydrogen-bond acceptors (Lipinski definition) is 7. The molecule has 32 heavy (non-hydrogen) atoms. The summed E-state index contributed by atoms with van der Waals surface area (Å²) in [5, 5.41) is 2.85. The van der Waals surface area contributed by atoms with Gasteiger partial charge in [0.05, 0.1) is 24.2 Å². The standard InChI is InChI=1S/C23H23N3O5S/c1-30-22-5-3-4-21(25-22)26-12-13-31-20-14-17(8-11-19(20)26)23(27)24-15-16-6-9-18(10-7-16)32(2,28)29/h3-11,14H,12-13,15H2,1-2H3,(H,24,27). The summed E-state index contributed by atoms with van der Waals surface area (Å²) in [5.41, 5.74) is 2.09. The molecule has 166 valence electrons. The Morgan fingerprint density at radius 3 is 2.66 bits per heavy atom. The highest BCUT2D eigenvalue weighted by Gasteiger charge is 2.22. The lowest BCUT2D eigenvalue weighted by atomic mass is 10.1. The second-order valence-electron chi connectivity index (χ2n) is 7.32. The zero-order chi connectivity index (χ0) is 22.7. The van der Waals surface area contributed by atoms with E-state index in [-0.39, 0.29) is 17.3 Å². The number of carbonyl (C=O) groups is 1. The fourth-order valence-electron chi connectivity index (χ4n) is 3.41. The molecule has 0 radical (unpaired) electrons. The number of benzene rings is 2. The molecule has 0 saturated heterocycles. The van der Waals surface area contributed by atoms with Gasteiger partial charge in [-0.3, -0.25) is 4.79 Å². The Labute approximate surface area is 186 Å². The maximum Gasteiger partial charge on any atom is 0.251 e. The number of ether oxygens (including phenoxy) is 2. The topological polar surface area (TPSA) is 97.8 Å². The molecule has 9 heteroatoms. The van der Waals surface area contributed by atoms with Crippen LogP contribution < -0.4 is 19.7 Å². The number of nitrogens with zero attached hydrogens (tertiary/aromatic N) is 2. The van der Waals surface area contributed by atoms with Crippen molar-refractivity contribution in [3.63, 3.8) is 0 Å². The van der Waals surface area contributed by atoms with E-state index >= 15 is 0 Å². The van der Waals surface area contributed by atoms with E-state index in [1.54, 1.807) is 37.4 Å². The molecule has 1 aromatic heterocycles. The first-order valence-electron chi connectivity index (χ1n) is 9.98.